The third-order valence-electron chi connectivity index (χ3n) is 4.01. The van der Waals surface area contributed by atoms with Gasteiger partial charge in [-0.1, -0.05) is 12.1 Å². The molecule has 1 amide bonds. The molecule has 0 saturated carbocycles. The minimum atomic E-state index is -0.736. The Kier molecular flexibility index (Phi) is 6.80. The molecule has 1 heterocycles. The molecule has 0 saturated heterocycles. The second-order valence-corrected chi connectivity index (χ2v) is 7.70. The molecule has 0 aliphatic heterocycles. The number of carbonyl (C=O) groups excluding carboxylic acids is 2. The lowest BCUT2D eigenvalue weighted by molar-refractivity contribution is -0.384. The van der Waals surface area contributed by atoms with Crippen LogP contribution in [0.15, 0.2) is 52.7 Å². The van der Waals surface area contributed by atoms with Crippen LogP contribution in [0.25, 0.3) is 11.3 Å². The van der Waals surface area contributed by atoms with Gasteiger partial charge in [-0.05, 0) is 31.4 Å². The van der Waals surface area contributed by atoms with Crippen molar-refractivity contribution in [3.05, 3.63) is 69.1 Å². The van der Waals surface area contributed by atoms with Crippen molar-refractivity contribution in [3.63, 3.8) is 0 Å². The van der Waals surface area contributed by atoms with Crippen LogP contribution in [-0.4, -0.2) is 34.6 Å². The molecule has 0 aliphatic rings. The van der Waals surface area contributed by atoms with Crippen molar-refractivity contribution in [1.29, 1.82) is 0 Å². The fraction of sp³-hybridized carbons (Fsp3) is 0.150. The van der Waals surface area contributed by atoms with Gasteiger partial charge in [-0.15, -0.1) is 23.1 Å². The third-order valence-corrected chi connectivity index (χ3v) is 5.51. The highest BCUT2D eigenvalue weighted by Gasteiger charge is 2.19. The lowest BCUT2D eigenvalue weighted by Crippen LogP contribution is -2.14. The van der Waals surface area contributed by atoms with E-state index < -0.39 is 16.8 Å². The Bertz CT molecular complexity index is 1100. The molecule has 0 spiro atoms. The number of nitro groups is 1. The molecule has 0 bridgehead atoms. The molecule has 0 atom stereocenters. The number of carbonyl (C=O) groups is 2. The molecule has 3 aromatic rings. The lowest BCUT2D eigenvalue weighted by atomic mass is 10.1. The number of anilines is 1. The average molecular weight is 444 g/mol. The van der Waals surface area contributed by atoms with Crippen LogP contribution >= 0.6 is 23.1 Å². The summed E-state index contributed by atoms with van der Waals surface area (Å²) in [7, 11) is 0. The fourth-order valence-corrected chi connectivity index (χ4v) is 3.70. The third kappa shape index (κ3) is 5.02. The number of ether oxygens (including phenoxy) is 1. The second-order valence-electron chi connectivity index (χ2n) is 5.97. The molecular formula is C20H17N3O5S2. The number of thiazole rings is 1. The second kappa shape index (κ2) is 9.51. The minimum Gasteiger partial charge on any atom is -0.462 e. The molecule has 8 nitrogen and oxygen atoms in total. The fourth-order valence-electron chi connectivity index (χ4n) is 2.57. The SMILES string of the molecule is CCOC(=O)c1cc(C(=O)Nc2nc(-c3ccc(SC)cc3)cs2)cc([N+](=O)[O-])c1. The Balaban J connectivity index is 1.82. The number of esters is 1. The van der Waals surface area contributed by atoms with Crippen molar-refractivity contribution in [3.8, 4) is 11.3 Å². The number of hydrogen-bond acceptors (Lipinski definition) is 8. The number of non-ortho nitro benzene ring substituents is 1. The van der Waals surface area contributed by atoms with Crippen molar-refractivity contribution in [2.75, 3.05) is 18.2 Å². The molecule has 0 radical (unpaired) electrons. The molecule has 0 aliphatic carbocycles. The summed E-state index contributed by atoms with van der Waals surface area (Å²) in [4.78, 5) is 40.6. The Morgan fingerprint density at radius 2 is 1.90 bits per heavy atom. The van der Waals surface area contributed by atoms with E-state index in [4.69, 9.17) is 4.74 Å². The number of amides is 1. The summed E-state index contributed by atoms with van der Waals surface area (Å²) in [5.74, 6) is -1.34. The van der Waals surface area contributed by atoms with Crippen LogP contribution in [0.1, 0.15) is 27.6 Å². The van der Waals surface area contributed by atoms with Crippen molar-refractivity contribution in [2.45, 2.75) is 11.8 Å². The largest absolute Gasteiger partial charge is 0.462 e. The summed E-state index contributed by atoms with van der Waals surface area (Å²) in [5, 5.41) is 16.0. The van der Waals surface area contributed by atoms with Crippen molar-refractivity contribution >= 4 is 45.8 Å². The highest BCUT2D eigenvalue weighted by molar-refractivity contribution is 7.98. The van der Waals surface area contributed by atoms with E-state index in [2.05, 4.69) is 10.3 Å². The van der Waals surface area contributed by atoms with Gasteiger partial charge in [0.05, 0.1) is 22.8 Å². The molecule has 1 N–H and O–H groups in total. The van der Waals surface area contributed by atoms with Crippen molar-refractivity contribution < 1.29 is 19.2 Å². The van der Waals surface area contributed by atoms with Gasteiger partial charge in [0.1, 0.15) is 0 Å². The summed E-state index contributed by atoms with van der Waals surface area (Å²) >= 11 is 2.87. The van der Waals surface area contributed by atoms with Crippen LogP contribution in [-0.2, 0) is 4.74 Å². The van der Waals surface area contributed by atoms with Crippen LogP contribution in [0.5, 0.6) is 0 Å². The number of benzene rings is 2. The molecule has 0 unspecified atom stereocenters. The quantitative estimate of drug-likeness (QED) is 0.240. The molecule has 1 aromatic heterocycles. The lowest BCUT2D eigenvalue weighted by Gasteiger charge is -2.06. The summed E-state index contributed by atoms with van der Waals surface area (Å²) in [6.45, 7) is 1.74. The first-order valence-corrected chi connectivity index (χ1v) is 10.9. The first kappa shape index (κ1) is 21.5. The zero-order chi connectivity index (χ0) is 21.7. The van der Waals surface area contributed by atoms with Gasteiger partial charge in [0.2, 0.25) is 0 Å². The van der Waals surface area contributed by atoms with E-state index in [1.165, 1.54) is 17.4 Å². The molecule has 0 fully saturated rings. The van der Waals surface area contributed by atoms with Crippen molar-refractivity contribution in [2.24, 2.45) is 0 Å². The van der Waals surface area contributed by atoms with Crippen LogP contribution in [0.3, 0.4) is 0 Å². The van der Waals surface area contributed by atoms with Crippen LogP contribution in [0.4, 0.5) is 10.8 Å². The van der Waals surface area contributed by atoms with E-state index in [9.17, 15) is 19.7 Å². The van der Waals surface area contributed by atoms with E-state index >= 15 is 0 Å². The van der Waals surface area contributed by atoms with E-state index in [1.54, 1.807) is 24.1 Å². The maximum atomic E-state index is 12.6. The number of nitro benzene ring substituents is 1. The summed E-state index contributed by atoms with van der Waals surface area (Å²) in [6, 6.07) is 11.3. The number of thioether (sulfide) groups is 1. The number of nitrogens with one attached hydrogen (secondary N) is 1. The summed E-state index contributed by atoms with van der Waals surface area (Å²) < 4.78 is 4.88. The Morgan fingerprint density at radius 3 is 2.53 bits per heavy atom. The molecule has 10 heteroatoms. The van der Waals surface area contributed by atoms with Crippen molar-refractivity contribution in [1.82, 2.24) is 4.98 Å². The number of aromatic nitrogens is 1. The van der Waals surface area contributed by atoms with Gasteiger partial charge in [0.25, 0.3) is 11.6 Å². The van der Waals surface area contributed by atoms with Gasteiger partial charge >= 0.3 is 5.97 Å². The molecular weight excluding hydrogens is 426 g/mol. The first-order chi connectivity index (χ1) is 14.4. The van der Waals surface area contributed by atoms with Crippen LogP contribution in [0, 0.1) is 10.1 Å². The minimum absolute atomic E-state index is 0.0340. The Hall–Kier alpha value is -3.24. The van der Waals surface area contributed by atoms with Crippen LogP contribution in [0.2, 0.25) is 0 Å². The summed E-state index contributed by atoms with van der Waals surface area (Å²) in [6.07, 6.45) is 1.99. The molecule has 3 rings (SSSR count). The van der Waals surface area contributed by atoms with Crippen LogP contribution < -0.4 is 5.32 Å². The van der Waals surface area contributed by atoms with E-state index in [0.29, 0.717) is 10.8 Å². The standard InChI is InChI=1S/C20H17N3O5S2/c1-3-28-19(25)14-8-13(9-15(10-14)23(26)27)18(24)22-20-21-17(11-30-20)12-4-6-16(29-2)7-5-12/h4-11H,3H2,1-2H3,(H,21,22,24). The zero-order valence-corrected chi connectivity index (χ0v) is 17.7. The monoisotopic (exact) mass is 443 g/mol. The van der Waals surface area contributed by atoms with Gasteiger partial charge in [0, 0.05) is 33.5 Å². The predicted octanol–water partition coefficient (Wildman–Crippen LogP) is 4.87. The number of rotatable bonds is 7. The highest BCUT2D eigenvalue weighted by Crippen LogP contribution is 2.27. The van der Waals surface area contributed by atoms with E-state index in [0.717, 1.165) is 22.6 Å². The normalized spacial score (nSPS) is 10.5. The Morgan fingerprint density at radius 1 is 1.20 bits per heavy atom. The maximum Gasteiger partial charge on any atom is 0.338 e. The topological polar surface area (TPSA) is 111 Å². The number of nitrogens with zero attached hydrogens (tertiary/aromatic N) is 2. The van der Waals surface area contributed by atoms with Gasteiger partial charge in [-0.25, -0.2) is 9.78 Å². The van der Waals surface area contributed by atoms with Gasteiger partial charge in [-0.2, -0.15) is 0 Å². The molecule has 154 valence electrons. The average Bonchev–Trinajstić information content (AvgIpc) is 3.22. The Labute approximate surface area is 180 Å². The maximum absolute atomic E-state index is 12.6. The molecule has 30 heavy (non-hydrogen) atoms. The predicted molar refractivity (Wildman–Crippen MR) is 116 cm³/mol. The highest BCUT2D eigenvalue weighted by atomic mass is 32.2. The van der Waals surface area contributed by atoms with Gasteiger partial charge in [-0.3, -0.25) is 20.2 Å². The molecule has 2 aromatic carbocycles. The summed E-state index contributed by atoms with van der Waals surface area (Å²) in [5.41, 5.74) is 1.14. The van der Waals surface area contributed by atoms with E-state index in [-0.39, 0.29) is 23.4 Å². The van der Waals surface area contributed by atoms with Gasteiger partial charge in [0.15, 0.2) is 5.13 Å². The smallest absolute Gasteiger partial charge is 0.338 e. The van der Waals surface area contributed by atoms with E-state index in [1.807, 2.05) is 30.5 Å². The number of hydrogen-bond donors (Lipinski definition) is 1. The van der Waals surface area contributed by atoms with Gasteiger partial charge < -0.3 is 4.74 Å². The zero-order valence-electron chi connectivity index (χ0n) is 16.1. The first-order valence-electron chi connectivity index (χ1n) is 8.79.